The summed E-state index contributed by atoms with van der Waals surface area (Å²) in [6, 6.07) is 9.20. The molecule has 0 aromatic heterocycles. The molecule has 2 aromatic carbocycles. The quantitative estimate of drug-likeness (QED) is 0.452. The zero-order valence-electron chi connectivity index (χ0n) is 11.8. The van der Waals surface area contributed by atoms with Crippen molar-refractivity contribution < 1.29 is 9.59 Å². The lowest BCUT2D eigenvalue weighted by Gasteiger charge is -2.05. The summed E-state index contributed by atoms with van der Waals surface area (Å²) in [6.07, 6.45) is 1.29. The molecule has 0 aliphatic heterocycles. The molecule has 0 spiro atoms. The maximum Gasteiger partial charge on any atom is 0.329 e. The Morgan fingerprint density at radius 3 is 2.29 bits per heavy atom. The molecule has 0 radical (unpaired) electrons. The fourth-order valence-corrected chi connectivity index (χ4v) is 2.33. The molecule has 0 unspecified atom stereocenters. The van der Waals surface area contributed by atoms with Gasteiger partial charge >= 0.3 is 11.8 Å². The highest BCUT2D eigenvalue weighted by atomic mass is 35.5. The van der Waals surface area contributed by atoms with Crippen molar-refractivity contribution in [1.29, 1.82) is 0 Å². The van der Waals surface area contributed by atoms with Crippen LogP contribution in [0.3, 0.4) is 0 Å². The summed E-state index contributed by atoms with van der Waals surface area (Å²) in [5.74, 6) is -1.87. The van der Waals surface area contributed by atoms with Crippen molar-refractivity contribution in [2.75, 3.05) is 5.32 Å². The molecule has 0 bridgehead atoms. The van der Waals surface area contributed by atoms with E-state index in [1.165, 1.54) is 30.5 Å². The highest BCUT2D eigenvalue weighted by Gasteiger charge is 2.13. The van der Waals surface area contributed by atoms with Crippen molar-refractivity contribution in [2.45, 2.75) is 0 Å². The van der Waals surface area contributed by atoms with Crippen molar-refractivity contribution in [3.05, 3.63) is 62.1 Å². The lowest BCUT2D eigenvalue weighted by molar-refractivity contribution is -0.136. The standard InChI is InChI=1S/C15H9Cl4N3O2/c16-9-2-1-8(12(18)5-9)7-20-22-15(24)14(23)21-10-3-4-11(17)13(19)6-10/h1-7H,(H,21,23)(H,22,24)/b20-7-. The van der Waals surface area contributed by atoms with Gasteiger partial charge in [-0.25, -0.2) is 5.43 Å². The fourth-order valence-electron chi connectivity index (χ4n) is 1.58. The van der Waals surface area contributed by atoms with Gasteiger partial charge in [0.2, 0.25) is 0 Å². The van der Waals surface area contributed by atoms with Gasteiger partial charge in [-0.05, 0) is 30.3 Å². The molecule has 2 amide bonds. The van der Waals surface area contributed by atoms with Crippen LogP contribution in [-0.2, 0) is 9.59 Å². The van der Waals surface area contributed by atoms with Gasteiger partial charge in [-0.3, -0.25) is 9.59 Å². The molecule has 0 heterocycles. The minimum atomic E-state index is -0.956. The third-order valence-corrected chi connectivity index (χ3v) is 4.02. The van der Waals surface area contributed by atoms with Crippen molar-refractivity contribution in [1.82, 2.24) is 5.43 Å². The minimum absolute atomic E-state index is 0.255. The summed E-state index contributed by atoms with van der Waals surface area (Å²) >= 11 is 23.3. The summed E-state index contributed by atoms with van der Waals surface area (Å²) in [6.45, 7) is 0. The Morgan fingerprint density at radius 1 is 0.875 bits per heavy atom. The Labute approximate surface area is 157 Å². The summed E-state index contributed by atoms with van der Waals surface area (Å²) in [5, 5.41) is 7.46. The molecule has 0 saturated carbocycles. The van der Waals surface area contributed by atoms with E-state index in [-0.39, 0.29) is 5.02 Å². The first-order valence-electron chi connectivity index (χ1n) is 6.41. The number of amides is 2. The summed E-state index contributed by atoms with van der Waals surface area (Å²) in [5.41, 5.74) is 2.95. The van der Waals surface area contributed by atoms with Crippen molar-refractivity contribution in [3.8, 4) is 0 Å². The third-order valence-electron chi connectivity index (χ3n) is 2.72. The van der Waals surface area contributed by atoms with Gasteiger partial charge in [-0.2, -0.15) is 5.10 Å². The number of hydrogen-bond acceptors (Lipinski definition) is 3. The van der Waals surface area contributed by atoms with E-state index >= 15 is 0 Å². The molecule has 5 nitrogen and oxygen atoms in total. The smallest absolute Gasteiger partial charge is 0.318 e. The number of hydrogen-bond donors (Lipinski definition) is 2. The Morgan fingerprint density at radius 2 is 1.62 bits per heavy atom. The van der Waals surface area contributed by atoms with Crippen LogP contribution in [0.25, 0.3) is 0 Å². The molecular weight excluding hydrogens is 396 g/mol. The first-order valence-corrected chi connectivity index (χ1v) is 7.92. The second-order valence-electron chi connectivity index (χ2n) is 4.45. The van der Waals surface area contributed by atoms with Crippen LogP contribution < -0.4 is 10.7 Å². The van der Waals surface area contributed by atoms with Crippen LogP contribution in [0.5, 0.6) is 0 Å². The molecule has 0 atom stereocenters. The van der Waals surface area contributed by atoms with Crippen molar-refractivity contribution in [2.24, 2.45) is 5.10 Å². The fraction of sp³-hybridized carbons (Fsp3) is 0. The van der Waals surface area contributed by atoms with Crippen molar-refractivity contribution >= 4 is 70.1 Å². The largest absolute Gasteiger partial charge is 0.329 e. The van der Waals surface area contributed by atoms with Gasteiger partial charge in [0.05, 0.1) is 21.3 Å². The molecule has 2 aromatic rings. The second-order valence-corrected chi connectivity index (χ2v) is 6.11. The van der Waals surface area contributed by atoms with Gasteiger partial charge in [-0.1, -0.05) is 52.5 Å². The van der Waals surface area contributed by atoms with Gasteiger partial charge < -0.3 is 5.32 Å². The molecule has 0 fully saturated rings. The molecule has 2 rings (SSSR count). The van der Waals surface area contributed by atoms with Gasteiger partial charge in [-0.15, -0.1) is 0 Å². The predicted octanol–water partition coefficient (Wildman–Crippen LogP) is 4.39. The van der Waals surface area contributed by atoms with E-state index < -0.39 is 11.8 Å². The molecule has 9 heteroatoms. The van der Waals surface area contributed by atoms with Crippen LogP contribution in [0.15, 0.2) is 41.5 Å². The number of carbonyl (C=O) groups is 2. The first kappa shape index (κ1) is 18.5. The van der Waals surface area contributed by atoms with E-state index in [2.05, 4.69) is 15.8 Å². The number of rotatable bonds is 3. The van der Waals surface area contributed by atoms with E-state index in [1.54, 1.807) is 12.1 Å². The first-order chi connectivity index (χ1) is 11.4. The molecular formula is C15H9Cl4N3O2. The molecule has 0 aliphatic rings. The maximum atomic E-state index is 11.7. The van der Waals surface area contributed by atoms with Gasteiger partial charge in [0, 0.05) is 16.3 Å². The molecule has 2 N–H and O–H groups in total. The number of carbonyl (C=O) groups excluding carboxylic acids is 2. The number of nitrogens with zero attached hydrogens (tertiary/aromatic N) is 1. The summed E-state index contributed by atoms with van der Waals surface area (Å²) in [4.78, 5) is 23.4. The van der Waals surface area contributed by atoms with Gasteiger partial charge in [0.25, 0.3) is 0 Å². The highest BCUT2D eigenvalue weighted by Crippen LogP contribution is 2.25. The van der Waals surface area contributed by atoms with Crippen LogP contribution in [0.1, 0.15) is 5.56 Å². The Balaban J connectivity index is 1.95. The minimum Gasteiger partial charge on any atom is -0.318 e. The average Bonchev–Trinajstić information content (AvgIpc) is 2.53. The average molecular weight is 405 g/mol. The molecule has 0 aliphatic carbocycles. The number of benzene rings is 2. The van der Waals surface area contributed by atoms with E-state index in [1.807, 2.05) is 0 Å². The second kappa shape index (κ2) is 8.35. The maximum absolute atomic E-state index is 11.7. The summed E-state index contributed by atoms with van der Waals surface area (Å²) < 4.78 is 0. The van der Waals surface area contributed by atoms with Crippen molar-refractivity contribution in [3.63, 3.8) is 0 Å². The normalized spacial score (nSPS) is 10.7. The SMILES string of the molecule is O=C(N/N=C\c1ccc(Cl)cc1Cl)C(=O)Nc1ccc(Cl)c(Cl)c1. The highest BCUT2D eigenvalue weighted by molar-refractivity contribution is 6.43. The molecule has 124 valence electrons. The van der Waals surface area contributed by atoms with E-state index in [4.69, 9.17) is 46.4 Å². The zero-order chi connectivity index (χ0) is 17.7. The predicted molar refractivity (Wildman–Crippen MR) is 97.3 cm³/mol. The van der Waals surface area contributed by atoms with Crippen LogP contribution in [0.4, 0.5) is 5.69 Å². The third kappa shape index (κ3) is 5.11. The van der Waals surface area contributed by atoms with Crippen LogP contribution >= 0.6 is 46.4 Å². The van der Waals surface area contributed by atoms with Gasteiger partial charge in [0.1, 0.15) is 0 Å². The Kier molecular flexibility index (Phi) is 6.45. The number of anilines is 1. The van der Waals surface area contributed by atoms with Crippen LogP contribution in [-0.4, -0.2) is 18.0 Å². The molecule has 0 saturated heterocycles. The van der Waals surface area contributed by atoms with E-state index in [9.17, 15) is 9.59 Å². The van der Waals surface area contributed by atoms with Crippen LogP contribution in [0.2, 0.25) is 20.1 Å². The van der Waals surface area contributed by atoms with E-state index in [0.29, 0.717) is 26.3 Å². The summed E-state index contributed by atoms with van der Waals surface area (Å²) in [7, 11) is 0. The Bertz CT molecular complexity index is 824. The number of halogens is 4. The molecule has 24 heavy (non-hydrogen) atoms. The lowest BCUT2D eigenvalue weighted by atomic mass is 10.2. The number of nitrogens with one attached hydrogen (secondary N) is 2. The lowest BCUT2D eigenvalue weighted by Crippen LogP contribution is -2.32. The Hall–Kier alpha value is -1.79. The topological polar surface area (TPSA) is 70.6 Å². The monoisotopic (exact) mass is 403 g/mol. The van der Waals surface area contributed by atoms with E-state index in [0.717, 1.165) is 0 Å². The van der Waals surface area contributed by atoms with Gasteiger partial charge in [0.15, 0.2) is 0 Å². The zero-order valence-corrected chi connectivity index (χ0v) is 14.8. The number of hydrazone groups is 1. The van der Waals surface area contributed by atoms with Crippen LogP contribution in [0, 0.1) is 0 Å².